The van der Waals surface area contributed by atoms with Crippen LogP contribution in [0.5, 0.6) is 0 Å². The van der Waals surface area contributed by atoms with Crippen molar-refractivity contribution < 1.29 is 9.18 Å². The number of carbonyl (C=O) groups is 1. The molecular formula is C13H16BrFN2O. The third kappa shape index (κ3) is 2.90. The maximum Gasteiger partial charge on any atom is 0.256 e. The molecule has 0 spiro atoms. The Bertz CT molecular complexity index is 453. The largest absolute Gasteiger partial charge is 0.337 e. The molecule has 3 nitrogen and oxygen atoms in total. The molecule has 1 atom stereocenters. The Labute approximate surface area is 114 Å². The van der Waals surface area contributed by atoms with Crippen LogP contribution in [-0.2, 0) is 0 Å². The summed E-state index contributed by atoms with van der Waals surface area (Å²) in [6.45, 7) is 1.34. The Morgan fingerprint density at radius 3 is 3.00 bits per heavy atom. The third-order valence-electron chi connectivity index (χ3n) is 3.28. The van der Waals surface area contributed by atoms with E-state index in [0.29, 0.717) is 23.6 Å². The standard InChI is InChI=1S/C13H16BrFN2O/c1-16-10-3-2-6-17(8-10)13(18)11-5-4-9(14)7-12(11)15/h4-5,7,10,16H,2-3,6,8H2,1H3/t10-/m1/s1. The Hall–Kier alpha value is -0.940. The number of likely N-dealkylation sites (tertiary alicyclic amines) is 1. The zero-order valence-corrected chi connectivity index (χ0v) is 11.8. The first-order valence-electron chi connectivity index (χ1n) is 6.03. The van der Waals surface area contributed by atoms with Crippen LogP contribution in [0.1, 0.15) is 23.2 Å². The van der Waals surface area contributed by atoms with Crippen molar-refractivity contribution in [1.29, 1.82) is 0 Å². The molecule has 1 aliphatic heterocycles. The highest BCUT2D eigenvalue weighted by molar-refractivity contribution is 9.10. The number of amides is 1. The number of benzene rings is 1. The van der Waals surface area contributed by atoms with Gasteiger partial charge in [0.05, 0.1) is 5.56 Å². The molecule has 5 heteroatoms. The van der Waals surface area contributed by atoms with Gasteiger partial charge in [0.2, 0.25) is 0 Å². The minimum Gasteiger partial charge on any atom is -0.337 e. The summed E-state index contributed by atoms with van der Waals surface area (Å²) in [6, 6.07) is 4.86. The van der Waals surface area contributed by atoms with Crippen molar-refractivity contribution in [3.05, 3.63) is 34.1 Å². The number of nitrogens with one attached hydrogen (secondary N) is 1. The Kier molecular flexibility index (Phi) is 4.35. The van der Waals surface area contributed by atoms with Gasteiger partial charge in [0.15, 0.2) is 0 Å². The zero-order chi connectivity index (χ0) is 13.1. The van der Waals surface area contributed by atoms with Crippen LogP contribution >= 0.6 is 15.9 Å². The summed E-state index contributed by atoms with van der Waals surface area (Å²) < 4.78 is 14.4. The van der Waals surface area contributed by atoms with Crippen molar-refractivity contribution in [2.24, 2.45) is 0 Å². The van der Waals surface area contributed by atoms with Crippen LogP contribution < -0.4 is 5.32 Å². The van der Waals surface area contributed by atoms with Gasteiger partial charge < -0.3 is 10.2 Å². The fraction of sp³-hybridized carbons (Fsp3) is 0.462. The molecule has 1 N–H and O–H groups in total. The second kappa shape index (κ2) is 5.80. The van der Waals surface area contributed by atoms with Crippen LogP contribution in [0.25, 0.3) is 0 Å². The zero-order valence-electron chi connectivity index (χ0n) is 10.2. The summed E-state index contributed by atoms with van der Waals surface area (Å²) >= 11 is 3.19. The first kappa shape index (κ1) is 13.5. The molecule has 1 saturated heterocycles. The van der Waals surface area contributed by atoms with Gasteiger partial charge in [-0.25, -0.2) is 4.39 Å². The predicted octanol–water partition coefficient (Wildman–Crippen LogP) is 2.41. The molecule has 1 amide bonds. The van der Waals surface area contributed by atoms with E-state index < -0.39 is 5.82 Å². The lowest BCUT2D eigenvalue weighted by Gasteiger charge is -2.32. The number of hydrogen-bond donors (Lipinski definition) is 1. The quantitative estimate of drug-likeness (QED) is 0.909. The van der Waals surface area contributed by atoms with E-state index >= 15 is 0 Å². The Morgan fingerprint density at radius 1 is 1.56 bits per heavy atom. The molecule has 1 heterocycles. The summed E-state index contributed by atoms with van der Waals surface area (Å²) in [5.41, 5.74) is 0.148. The highest BCUT2D eigenvalue weighted by Crippen LogP contribution is 2.19. The minimum atomic E-state index is -0.471. The van der Waals surface area contributed by atoms with Gasteiger partial charge >= 0.3 is 0 Å². The number of piperidine rings is 1. The lowest BCUT2D eigenvalue weighted by atomic mass is 10.0. The second-order valence-corrected chi connectivity index (χ2v) is 5.42. The van der Waals surface area contributed by atoms with Crippen LogP contribution in [0, 0.1) is 5.82 Å². The van der Waals surface area contributed by atoms with Gasteiger partial charge in [-0.15, -0.1) is 0 Å². The molecule has 0 saturated carbocycles. The normalized spacial score (nSPS) is 19.9. The average Bonchev–Trinajstić information content (AvgIpc) is 2.38. The fourth-order valence-electron chi connectivity index (χ4n) is 2.23. The third-order valence-corrected chi connectivity index (χ3v) is 3.77. The molecule has 18 heavy (non-hydrogen) atoms. The van der Waals surface area contributed by atoms with Gasteiger partial charge in [0.25, 0.3) is 5.91 Å². The van der Waals surface area contributed by atoms with E-state index in [1.54, 1.807) is 11.0 Å². The van der Waals surface area contributed by atoms with Crippen LogP contribution in [0.2, 0.25) is 0 Å². The van der Waals surface area contributed by atoms with Gasteiger partial charge in [0, 0.05) is 23.6 Å². The fourth-order valence-corrected chi connectivity index (χ4v) is 2.56. The van der Waals surface area contributed by atoms with Crippen molar-refractivity contribution in [3.63, 3.8) is 0 Å². The van der Waals surface area contributed by atoms with Crippen molar-refractivity contribution in [1.82, 2.24) is 10.2 Å². The molecule has 0 bridgehead atoms. The van der Waals surface area contributed by atoms with Crippen LogP contribution in [-0.4, -0.2) is 37.0 Å². The van der Waals surface area contributed by atoms with E-state index in [1.807, 2.05) is 7.05 Å². The topological polar surface area (TPSA) is 32.3 Å². The first-order valence-corrected chi connectivity index (χ1v) is 6.82. The summed E-state index contributed by atoms with van der Waals surface area (Å²) in [4.78, 5) is 14.0. The van der Waals surface area contributed by atoms with Gasteiger partial charge in [-0.05, 0) is 38.1 Å². The van der Waals surface area contributed by atoms with Crippen molar-refractivity contribution >= 4 is 21.8 Å². The molecule has 98 valence electrons. The molecule has 0 unspecified atom stereocenters. The van der Waals surface area contributed by atoms with Gasteiger partial charge in [-0.2, -0.15) is 0 Å². The lowest BCUT2D eigenvalue weighted by molar-refractivity contribution is 0.0693. The average molecular weight is 315 g/mol. The molecule has 0 radical (unpaired) electrons. The number of hydrogen-bond acceptors (Lipinski definition) is 2. The second-order valence-electron chi connectivity index (χ2n) is 4.50. The summed E-state index contributed by atoms with van der Waals surface area (Å²) in [5, 5.41) is 3.17. The smallest absolute Gasteiger partial charge is 0.256 e. The Balaban J connectivity index is 2.15. The highest BCUT2D eigenvalue weighted by Gasteiger charge is 2.25. The summed E-state index contributed by atoms with van der Waals surface area (Å²) in [6.07, 6.45) is 2.01. The van der Waals surface area contributed by atoms with Crippen molar-refractivity contribution in [3.8, 4) is 0 Å². The summed E-state index contributed by atoms with van der Waals surface area (Å²) in [7, 11) is 1.89. The maximum atomic E-state index is 13.7. The monoisotopic (exact) mass is 314 g/mol. The lowest BCUT2D eigenvalue weighted by Crippen LogP contribution is -2.47. The van der Waals surface area contributed by atoms with Crippen LogP contribution in [0.4, 0.5) is 4.39 Å². The van der Waals surface area contributed by atoms with E-state index in [-0.39, 0.29) is 11.5 Å². The molecule has 1 aromatic rings. The Morgan fingerprint density at radius 2 is 2.33 bits per heavy atom. The number of likely N-dealkylation sites (N-methyl/N-ethyl adjacent to an activating group) is 1. The molecular weight excluding hydrogens is 299 g/mol. The molecule has 1 aromatic carbocycles. The molecule has 2 rings (SSSR count). The van der Waals surface area contributed by atoms with E-state index in [9.17, 15) is 9.18 Å². The van der Waals surface area contributed by atoms with E-state index in [4.69, 9.17) is 0 Å². The molecule has 0 aromatic heterocycles. The van der Waals surface area contributed by atoms with E-state index in [2.05, 4.69) is 21.2 Å². The minimum absolute atomic E-state index is 0.148. The van der Waals surface area contributed by atoms with Gasteiger partial charge in [0.1, 0.15) is 5.82 Å². The first-order chi connectivity index (χ1) is 8.61. The number of carbonyl (C=O) groups excluding carboxylic acids is 1. The molecule has 1 fully saturated rings. The van der Waals surface area contributed by atoms with Gasteiger partial charge in [-0.3, -0.25) is 4.79 Å². The number of halogens is 2. The molecule has 1 aliphatic rings. The van der Waals surface area contributed by atoms with E-state index in [1.165, 1.54) is 12.1 Å². The van der Waals surface area contributed by atoms with Gasteiger partial charge in [-0.1, -0.05) is 15.9 Å². The van der Waals surface area contributed by atoms with Crippen LogP contribution in [0.3, 0.4) is 0 Å². The van der Waals surface area contributed by atoms with E-state index in [0.717, 1.165) is 12.8 Å². The predicted molar refractivity (Wildman–Crippen MR) is 72.1 cm³/mol. The maximum absolute atomic E-state index is 13.7. The van der Waals surface area contributed by atoms with Crippen molar-refractivity contribution in [2.45, 2.75) is 18.9 Å². The molecule has 0 aliphatic carbocycles. The van der Waals surface area contributed by atoms with Crippen LogP contribution in [0.15, 0.2) is 22.7 Å². The summed E-state index contributed by atoms with van der Waals surface area (Å²) in [5.74, 6) is -0.694. The SMILES string of the molecule is CN[C@@H]1CCCN(C(=O)c2ccc(Br)cc2F)C1. The van der Waals surface area contributed by atoms with Crippen molar-refractivity contribution in [2.75, 3.05) is 20.1 Å². The number of nitrogens with zero attached hydrogens (tertiary/aromatic N) is 1. The number of rotatable bonds is 2. The highest BCUT2D eigenvalue weighted by atomic mass is 79.9.